The summed E-state index contributed by atoms with van der Waals surface area (Å²) < 4.78 is 0. The maximum atomic E-state index is 12.1. The number of benzene rings is 1. The van der Waals surface area contributed by atoms with E-state index in [1.807, 2.05) is 24.1 Å². The molecule has 0 aliphatic carbocycles. The summed E-state index contributed by atoms with van der Waals surface area (Å²) in [4.78, 5) is 14.1. The molecule has 0 aromatic heterocycles. The van der Waals surface area contributed by atoms with Crippen LogP contribution in [-0.4, -0.2) is 30.4 Å². The van der Waals surface area contributed by atoms with Crippen LogP contribution in [-0.2, 0) is 4.79 Å². The van der Waals surface area contributed by atoms with Crippen molar-refractivity contribution in [3.63, 3.8) is 0 Å². The number of hydrogen-bond donors (Lipinski definition) is 1. The summed E-state index contributed by atoms with van der Waals surface area (Å²) in [6.07, 6.45) is 0.908. The lowest BCUT2D eigenvalue weighted by Crippen LogP contribution is -2.37. The Balaban J connectivity index is 2.19. The average Bonchev–Trinajstić information content (AvgIpc) is 2.70. The van der Waals surface area contributed by atoms with Gasteiger partial charge >= 0.3 is 0 Å². The zero-order valence-corrected chi connectivity index (χ0v) is 10.7. The normalized spacial score (nSPS) is 21.9. The molecule has 1 N–H and O–H groups in total. The standard InChI is InChI=1S/C14H20N2O/c1-10-6-4-5-7-12(10)11(2)16-9-8-13(15-3)14(16)17/h4-7,11,13,15H,8-9H2,1-3H3. The summed E-state index contributed by atoms with van der Waals surface area (Å²) in [6, 6.07) is 8.45. The summed E-state index contributed by atoms with van der Waals surface area (Å²) in [5.41, 5.74) is 2.50. The number of hydrogen-bond acceptors (Lipinski definition) is 2. The topological polar surface area (TPSA) is 32.3 Å². The molecular formula is C14H20N2O. The molecule has 2 rings (SSSR count). The number of carbonyl (C=O) groups excluding carboxylic acids is 1. The first-order valence-electron chi connectivity index (χ1n) is 6.18. The van der Waals surface area contributed by atoms with Crippen molar-refractivity contribution in [2.24, 2.45) is 0 Å². The molecule has 0 bridgehead atoms. The van der Waals surface area contributed by atoms with Gasteiger partial charge in [-0.15, -0.1) is 0 Å². The van der Waals surface area contributed by atoms with Gasteiger partial charge in [0, 0.05) is 6.54 Å². The molecule has 1 heterocycles. The molecule has 0 spiro atoms. The quantitative estimate of drug-likeness (QED) is 0.863. The van der Waals surface area contributed by atoms with Crippen LogP contribution >= 0.6 is 0 Å². The van der Waals surface area contributed by atoms with E-state index in [0.29, 0.717) is 0 Å². The lowest BCUT2D eigenvalue weighted by Gasteiger charge is -2.26. The Hall–Kier alpha value is -1.35. The van der Waals surface area contributed by atoms with Crippen LogP contribution in [0.3, 0.4) is 0 Å². The van der Waals surface area contributed by atoms with Gasteiger partial charge in [0.15, 0.2) is 0 Å². The first-order valence-corrected chi connectivity index (χ1v) is 6.18. The number of nitrogens with one attached hydrogen (secondary N) is 1. The zero-order valence-electron chi connectivity index (χ0n) is 10.7. The molecule has 1 aromatic carbocycles. The summed E-state index contributed by atoms with van der Waals surface area (Å²) >= 11 is 0. The van der Waals surface area contributed by atoms with Gasteiger partial charge in [0.25, 0.3) is 0 Å². The Morgan fingerprint density at radius 3 is 2.71 bits per heavy atom. The van der Waals surface area contributed by atoms with Crippen molar-refractivity contribution in [2.75, 3.05) is 13.6 Å². The number of likely N-dealkylation sites (N-methyl/N-ethyl adjacent to an activating group) is 1. The Morgan fingerprint density at radius 2 is 2.12 bits per heavy atom. The molecule has 1 saturated heterocycles. The highest BCUT2D eigenvalue weighted by Crippen LogP contribution is 2.27. The lowest BCUT2D eigenvalue weighted by atomic mass is 10.0. The number of likely N-dealkylation sites (tertiary alicyclic amines) is 1. The fraction of sp³-hybridized carbons (Fsp3) is 0.500. The van der Waals surface area contributed by atoms with Crippen LogP contribution in [0.1, 0.15) is 30.5 Å². The smallest absolute Gasteiger partial charge is 0.240 e. The first-order chi connectivity index (χ1) is 8.15. The van der Waals surface area contributed by atoms with Gasteiger partial charge < -0.3 is 10.2 Å². The van der Waals surface area contributed by atoms with Crippen molar-refractivity contribution in [3.05, 3.63) is 35.4 Å². The number of amides is 1. The molecule has 1 aromatic rings. The summed E-state index contributed by atoms with van der Waals surface area (Å²) in [5, 5.41) is 3.07. The van der Waals surface area contributed by atoms with E-state index in [9.17, 15) is 4.79 Å². The van der Waals surface area contributed by atoms with Crippen LogP contribution in [0.4, 0.5) is 0 Å². The maximum Gasteiger partial charge on any atom is 0.240 e. The van der Waals surface area contributed by atoms with Gasteiger partial charge in [0.1, 0.15) is 0 Å². The van der Waals surface area contributed by atoms with Crippen molar-refractivity contribution >= 4 is 5.91 Å². The van der Waals surface area contributed by atoms with E-state index in [1.165, 1.54) is 11.1 Å². The van der Waals surface area contributed by atoms with Gasteiger partial charge in [-0.1, -0.05) is 24.3 Å². The Bertz CT molecular complexity index is 416. The predicted octanol–water partition coefficient (Wildman–Crippen LogP) is 1.88. The second-order valence-electron chi connectivity index (χ2n) is 4.69. The van der Waals surface area contributed by atoms with Gasteiger partial charge in [-0.05, 0) is 38.4 Å². The minimum absolute atomic E-state index is 0.00136. The van der Waals surface area contributed by atoms with Crippen LogP contribution in [0.5, 0.6) is 0 Å². The third-order valence-corrected chi connectivity index (χ3v) is 3.69. The average molecular weight is 232 g/mol. The minimum atomic E-state index is 0.00136. The van der Waals surface area contributed by atoms with Gasteiger partial charge in [-0.25, -0.2) is 0 Å². The van der Waals surface area contributed by atoms with Gasteiger partial charge in [0.05, 0.1) is 12.1 Å². The summed E-state index contributed by atoms with van der Waals surface area (Å²) in [5.74, 6) is 0.225. The highest BCUT2D eigenvalue weighted by Gasteiger charge is 2.33. The van der Waals surface area contributed by atoms with Crippen molar-refractivity contribution in [1.82, 2.24) is 10.2 Å². The largest absolute Gasteiger partial charge is 0.334 e. The molecular weight excluding hydrogens is 212 g/mol. The maximum absolute atomic E-state index is 12.1. The fourth-order valence-corrected chi connectivity index (χ4v) is 2.58. The second kappa shape index (κ2) is 4.88. The van der Waals surface area contributed by atoms with E-state index in [0.717, 1.165) is 13.0 Å². The first kappa shape index (κ1) is 12.1. The third kappa shape index (κ3) is 2.20. The summed E-state index contributed by atoms with van der Waals surface area (Å²) in [6.45, 7) is 5.06. The minimum Gasteiger partial charge on any atom is -0.334 e. The number of rotatable bonds is 3. The number of nitrogens with zero attached hydrogens (tertiary/aromatic N) is 1. The van der Waals surface area contributed by atoms with E-state index in [4.69, 9.17) is 0 Å². The van der Waals surface area contributed by atoms with E-state index >= 15 is 0 Å². The van der Waals surface area contributed by atoms with E-state index in [2.05, 4.69) is 31.3 Å². The Labute approximate surface area is 103 Å². The van der Waals surface area contributed by atoms with Crippen LogP contribution < -0.4 is 5.32 Å². The molecule has 1 aliphatic rings. The molecule has 2 unspecified atom stereocenters. The molecule has 1 fully saturated rings. The Kier molecular flexibility index (Phi) is 3.48. The van der Waals surface area contributed by atoms with Gasteiger partial charge in [0.2, 0.25) is 5.91 Å². The monoisotopic (exact) mass is 232 g/mol. The molecule has 17 heavy (non-hydrogen) atoms. The van der Waals surface area contributed by atoms with Crippen LogP contribution in [0.15, 0.2) is 24.3 Å². The van der Waals surface area contributed by atoms with Crippen molar-refractivity contribution in [3.8, 4) is 0 Å². The van der Waals surface area contributed by atoms with Crippen LogP contribution in [0.25, 0.3) is 0 Å². The van der Waals surface area contributed by atoms with Gasteiger partial charge in [-0.3, -0.25) is 4.79 Å². The highest BCUT2D eigenvalue weighted by atomic mass is 16.2. The molecule has 1 amide bonds. The molecule has 92 valence electrons. The predicted molar refractivity (Wildman–Crippen MR) is 68.8 cm³/mol. The third-order valence-electron chi connectivity index (χ3n) is 3.69. The van der Waals surface area contributed by atoms with E-state index < -0.39 is 0 Å². The molecule has 2 atom stereocenters. The second-order valence-corrected chi connectivity index (χ2v) is 4.69. The highest BCUT2D eigenvalue weighted by molar-refractivity contribution is 5.84. The van der Waals surface area contributed by atoms with E-state index in [1.54, 1.807) is 0 Å². The number of carbonyl (C=O) groups is 1. The molecule has 0 radical (unpaired) electrons. The van der Waals surface area contributed by atoms with Crippen LogP contribution in [0.2, 0.25) is 0 Å². The molecule has 0 saturated carbocycles. The van der Waals surface area contributed by atoms with Crippen LogP contribution in [0, 0.1) is 6.92 Å². The summed E-state index contributed by atoms with van der Waals surface area (Å²) in [7, 11) is 1.85. The Morgan fingerprint density at radius 1 is 1.41 bits per heavy atom. The van der Waals surface area contributed by atoms with Crippen molar-refractivity contribution in [2.45, 2.75) is 32.4 Å². The van der Waals surface area contributed by atoms with Crippen molar-refractivity contribution in [1.29, 1.82) is 0 Å². The van der Waals surface area contributed by atoms with E-state index in [-0.39, 0.29) is 18.0 Å². The lowest BCUT2D eigenvalue weighted by molar-refractivity contribution is -0.131. The molecule has 3 nitrogen and oxygen atoms in total. The molecule has 3 heteroatoms. The number of aryl methyl sites for hydroxylation is 1. The zero-order chi connectivity index (χ0) is 12.4. The van der Waals surface area contributed by atoms with Gasteiger partial charge in [-0.2, -0.15) is 0 Å². The fourth-order valence-electron chi connectivity index (χ4n) is 2.58. The SMILES string of the molecule is CNC1CCN(C(C)c2ccccc2C)C1=O. The molecule has 1 aliphatic heterocycles. The van der Waals surface area contributed by atoms with Crippen molar-refractivity contribution < 1.29 is 4.79 Å².